The highest BCUT2D eigenvalue weighted by Crippen LogP contribution is 2.31. The second-order valence-electron chi connectivity index (χ2n) is 3.00. The minimum Gasteiger partial charge on any atom is -0.496 e. The van der Waals surface area contributed by atoms with Crippen molar-refractivity contribution in [3.05, 3.63) is 30.6 Å². The van der Waals surface area contributed by atoms with E-state index in [0.29, 0.717) is 0 Å². The number of aromatic nitrogens is 2. The predicted octanol–water partition coefficient (Wildman–Crippen LogP) is 2.81. The molecule has 4 heteroatoms. The molecule has 3 nitrogen and oxygen atoms in total. The van der Waals surface area contributed by atoms with Crippen LogP contribution in [0, 0.1) is 0 Å². The lowest BCUT2D eigenvalue weighted by molar-refractivity contribution is 0.415. The van der Waals surface area contributed by atoms with E-state index >= 15 is 0 Å². The van der Waals surface area contributed by atoms with E-state index in [-0.39, 0.29) is 0 Å². The highest BCUT2D eigenvalue weighted by Gasteiger charge is 2.08. The van der Waals surface area contributed by atoms with Gasteiger partial charge in [0.1, 0.15) is 11.6 Å². The van der Waals surface area contributed by atoms with Gasteiger partial charge in [-0.1, -0.05) is 0 Å². The number of hydrogen-bond acceptors (Lipinski definition) is 3. The van der Waals surface area contributed by atoms with E-state index in [1.54, 1.807) is 31.3 Å². The molecule has 1 heterocycles. The number of imidazole rings is 1. The Labute approximate surface area is 92.9 Å². The maximum absolute atomic E-state index is 5.34. The zero-order valence-corrected chi connectivity index (χ0v) is 9.47. The Balaban J connectivity index is 2.48. The van der Waals surface area contributed by atoms with Crippen LogP contribution < -0.4 is 4.74 Å². The molecular weight excluding hydrogens is 208 g/mol. The van der Waals surface area contributed by atoms with E-state index in [1.165, 1.54) is 4.90 Å². The van der Waals surface area contributed by atoms with Crippen molar-refractivity contribution in [1.82, 2.24) is 9.97 Å². The van der Waals surface area contributed by atoms with E-state index in [1.807, 2.05) is 18.4 Å². The molecule has 0 fully saturated rings. The summed E-state index contributed by atoms with van der Waals surface area (Å²) in [5, 5.41) is 0. The van der Waals surface area contributed by atoms with E-state index in [2.05, 4.69) is 16.0 Å². The number of aromatic amines is 1. The molecule has 0 aliphatic carbocycles. The van der Waals surface area contributed by atoms with Gasteiger partial charge in [-0.05, 0) is 24.5 Å². The molecule has 2 aromatic rings. The average Bonchev–Trinajstić information content (AvgIpc) is 2.81. The second-order valence-corrected chi connectivity index (χ2v) is 3.88. The lowest BCUT2D eigenvalue weighted by atomic mass is 10.2. The molecule has 0 atom stereocenters. The molecule has 0 bridgehead atoms. The molecule has 1 N–H and O–H groups in total. The third-order valence-electron chi connectivity index (χ3n) is 2.16. The molecule has 2 rings (SSSR count). The van der Waals surface area contributed by atoms with Crippen molar-refractivity contribution < 1.29 is 4.74 Å². The molecular formula is C11H12N2OS. The Morgan fingerprint density at radius 3 is 2.87 bits per heavy atom. The van der Waals surface area contributed by atoms with Crippen molar-refractivity contribution in [3.8, 4) is 17.1 Å². The quantitative estimate of drug-likeness (QED) is 0.808. The number of hydrogen-bond donors (Lipinski definition) is 1. The Morgan fingerprint density at radius 2 is 2.27 bits per heavy atom. The number of rotatable bonds is 3. The van der Waals surface area contributed by atoms with Crippen LogP contribution in [0.5, 0.6) is 5.75 Å². The summed E-state index contributed by atoms with van der Waals surface area (Å²) >= 11 is 1.69. The van der Waals surface area contributed by atoms with Gasteiger partial charge in [0.25, 0.3) is 0 Å². The molecule has 0 saturated heterocycles. The lowest BCUT2D eigenvalue weighted by Gasteiger charge is -2.07. The standard InChI is InChI=1S/C11H12N2OS/c1-14-10-7-8(15-2)3-4-9(10)11-12-5-6-13-11/h3-7H,1-2H3,(H,12,13). The minimum atomic E-state index is 0.833. The van der Waals surface area contributed by atoms with Gasteiger partial charge in [-0.25, -0.2) is 4.98 Å². The maximum atomic E-state index is 5.34. The van der Waals surface area contributed by atoms with Crippen molar-refractivity contribution in [3.63, 3.8) is 0 Å². The molecule has 0 saturated carbocycles. The predicted molar refractivity (Wildman–Crippen MR) is 62.4 cm³/mol. The van der Waals surface area contributed by atoms with E-state index < -0.39 is 0 Å². The van der Waals surface area contributed by atoms with Crippen LogP contribution in [0.4, 0.5) is 0 Å². The first-order valence-corrected chi connectivity index (χ1v) is 5.79. The van der Waals surface area contributed by atoms with Gasteiger partial charge in [-0.3, -0.25) is 0 Å². The summed E-state index contributed by atoms with van der Waals surface area (Å²) < 4.78 is 5.34. The number of methoxy groups -OCH3 is 1. The van der Waals surface area contributed by atoms with Crippen molar-refractivity contribution in [1.29, 1.82) is 0 Å². The molecule has 1 aromatic heterocycles. The Kier molecular flexibility index (Phi) is 2.97. The van der Waals surface area contributed by atoms with Crippen LogP contribution in [0.3, 0.4) is 0 Å². The topological polar surface area (TPSA) is 37.9 Å². The first kappa shape index (κ1) is 10.1. The molecule has 0 aliphatic heterocycles. The molecule has 0 unspecified atom stereocenters. The fourth-order valence-electron chi connectivity index (χ4n) is 1.41. The molecule has 1 aromatic carbocycles. The summed E-state index contributed by atoms with van der Waals surface area (Å²) in [7, 11) is 1.67. The van der Waals surface area contributed by atoms with Gasteiger partial charge in [0.05, 0.1) is 12.7 Å². The van der Waals surface area contributed by atoms with Crippen LogP contribution in [0.15, 0.2) is 35.5 Å². The first-order valence-electron chi connectivity index (χ1n) is 4.57. The van der Waals surface area contributed by atoms with Crippen molar-refractivity contribution >= 4 is 11.8 Å². The SMILES string of the molecule is COc1cc(SC)ccc1-c1ncc[nH]1. The highest BCUT2D eigenvalue weighted by atomic mass is 32.2. The third-order valence-corrected chi connectivity index (χ3v) is 2.89. The van der Waals surface area contributed by atoms with Crippen LogP contribution in [0.1, 0.15) is 0 Å². The molecule has 0 aliphatic rings. The number of nitrogens with zero attached hydrogens (tertiary/aromatic N) is 1. The van der Waals surface area contributed by atoms with Gasteiger partial charge >= 0.3 is 0 Å². The summed E-state index contributed by atoms with van der Waals surface area (Å²) in [5.74, 6) is 1.68. The van der Waals surface area contributed by atoms with Gasteiger partial charge < -0.3 is 9.72 Å². The van der Waals surface area contributed by atoms with Crippen LogP contribution in [-0.2, 0) is 0 Å². The molecule has 15 heavy (non-hydrogen) atoms. The van der Waals surface area contributed by atoms with Gasteiger partial charge in [-0.2, -0.15) is 0 Å². The Hall–Kier alpha value is -1.42. The highest BCUT2D eigenvalue weighted by molar-refractivity contribution is 7.98. The molecule has 0 spiro atoms. The van der Waals surface area contributed by atoms with Crippen LogP contribution >= 0.6 is 11.8 Å². The molecule has 0 amide bonds. The van der Waals surface area contributed by atoms with Crippen molar-refractivity contribution in [2.45, 2.75) is 4.90 Å². The fourth-order valence-corrected chi connectivity index (χ4v) is 1.84. The van der Waals surface area contributed by atoms with E-state index in [4.69, 9.17) is 4.74 Å². The number of nitrogens with one attached hydrogen (secondary N) is 1. The van der Waals surface area contributed by atoms with Crippen molar-refractivity contribution in [2.75, 3.05) is 13.4 Å². The zero-order valence-electron chi connectivity index (χ0n) is 8.65. The zero-order chi connectivity index (χ0) is 10.7. The van der Waals surface area contributed by atoms with Gasteiger partial charge in [0.2, 0.25) is 0 Å². The Bertz CT molecular complexity index is 440. The number of benzene rings is 1. The third kappa shape index (κ3) is 1.99. The number of ether oxygens (including phenoxy) is 1. The van der Waals surface area contributed by atoms with Crippen LogP contribution in [0.25, 0.3) is 11.4 Å². The fraction of sp³-hybridized carbons (Fsp3) is 0.182. The lowest BCUT2D eigenvalue weighted by Crippen LogP contribution is -1.89. The van der Waals surface area contributed by atoms with Gasteiger partial charge in [0, 0.05) is 17.3 Å². The molecule has 78 valence electrons. The summed E-state index contributed by atoms with van der Waals surface area (Å²) in [6.07, 6.45) is 5.58. The summed E-state index contributed by atoms with van der Waals surface area (Å²) in [5.41, 5.74) is 0.986. The Morgan fingerprint density at radius 1 is 1.40 bits per heavy atom. The van der Waals surface area contributed by atoms with E-state index in [9.17, 15) is 0 Å². The van der Waals surface area contributed by atoms with Crippen LogP contribution in [-0.4, -0.2) is 23.3 Å². The minimum absolute atomic E-state index is 0.833. The van der Waals surface area contributed by atoms with E-state index in [0.717, 1.165) is 17.1 Å². The second kappa shape index (κ2) is 4.40. The summed E-state index contributed by atoms with van der Waals surface area (Å²) in [6, 6.07) is 6.09. The largest absolute Gasteiger partial charge is 0.496 e. The number of H-pyrrole nitrogens is 1. The van der Waals surface area contributed by atoms with Gasteiger partial charge in [-0.15, -0.1) is 11.8 Å². The summed E-state index contributed by atoms with van der Waals surface area (Å²) in [4.78, 5) is 8.46. The van der Waals surface area contributed by atoms with Crippen molar-refractivity contribution in [2.24, 2.45) is 0 Å². The normalized spacial score (nSPS) is 10.3. The van der Waals surface area contributed by atoms with Crippen LogP contribution in [0.2, 0.25) is 0 Å². The smallest absolute Gasteiger partial charge is 0.141 e. The van der Waals surface area contributed by atoms with Gasteiger partial charge in [0.15, 0.2) is 0 Å². The number of thioether (sulfide) groups is 1. The first-order chi connectivity index (χ1) is 7.35. The summed E-state index contributed by atoms with van der Waals surface area (Å²) in [6.45, 7) is 0. The maximum Gasteiger partial charge on any atom is 0.141 e. The monoisotopic (exact) mass is 220 g/mol. The average molecular weight is 220 g/mol. The molecule has 0 radical (unpaired) electrons.